The lowest BCUT2D eigenvalue weighted by Gasteiger charge is -2.19. The average Bonchev–Trinajstić information content (AvgIpc) is 2.65. The quantitative estimate of drug-likeness (QED) is 0.644. The summed E-state index contributed by atoms with van der Waals surface area (Å²) in [5.41, 5.74) is 9.22. The zero-order valence-electron chi connectivity index (χ0n) is 16.2. The molecule has 6 heteroatoms. The van der Waals surface area contributed by atoms with E-state index in [1.54, 1.807) is 7.11 Å². The molecule has 0 unspecified atom stereocenters. The third-order valence-corrected chi connectivity index (χ3v) is 4.94. The lowest BCUT2D eigenvalue weighted by molar-refractivity contribution is 0.190. The van der Waals surface area contributed by atoms with Crippen LogP contribution in [0.4, 0.5) is 0 Å². The highest BCUT2D eigenvalue weighted by Crippen LogP contribution is 2.36. The van der Waals surface area contributed by atoms with Crippen LogP contribution in [0, 0.1) is 0 Å². The lowest BCUT2D eigenvalue weighted by atomic mass is 10.1. The highest BCUT2D eigenvalue weighted by Gasteiger charge is 2.19. The van der Waals surface area contributed by atoms with Crippen molar-refractivity contribution < 1.29 is 9.47 Å². The zero-order valence-corrected chi connectivity index (χ0v) is 17.8. The fourth-order valence-corrected chi connectivity index (χ4v) is 3.20. The van der Waals surface area contributed by atoms with Gasteiger partial charge in [0.15, 0.2) is 0 Å². The number of hydrogen-bond acceptors (Lipinski definition) is 5. The molecule has 0 atom stereocenters. The number of nitrogens with zero attached hydrogens (tertiary/aromatic N) is 2. The van der Waals surface area contributed by atoms with Crippen LogP contribution in [0.5, 0.6) is 11.6 Å². The van der Waals surface area contributed by atoms with Crippen molar-refractivity contribution in [3.05, 3.63) is 34.1 Å². The average molecular weight is 422 g/mol. The Kier molecular flexibility index (Phi) is 7.41. The standard InChI is InChI=1S/C20H28BrN3O2/c1-6-13(7-2)26-18-10-15(21)19(23-17(18)11-22)14-8-9-16(12(3)4)24-20(14)25-5/h8-10,12-13H,6-7,11,22H2,1-5H3. The Hall–Kier alpha value is -1.66. The van der Waals surface area contributed by atoms with Gasteiger partial charge in [0, 0.05) is 16.7 Å². The molecule has 0 aliphatic heterocycles. The fourth-order valence-electron chi connectivity index (χ4n) is 2.69. The normalized spacial score (nSPS) is 11.3. The van der Waals surface area contributed by atoms with Crippen molar-refractivity contribution in [2.24, 2.45) is 5.73 Å². The monoisotopic (exact) mass is 421 g/mol. The van der Waals surface area contributed by atoms with E-state index in [-0.39, 0.29) is 6.10 Å². The minimum atomic E-state index is 0.154. The Bertz CT molecular complexity index is 746. The summed E-state index contributed by atoms with van der Waals surface area (Å²) in [6.07, 6.45) is 2.03. The van der Waals surface area contributed by atoms with Gasteiger partial charge in [-0.05, 0) is 52.9 Å². The van der Waals surface area contributed by atoms with Crippen LogP contribution in [0.3, 0.4) is 0 Å². The molecule has 0 saturated carbocycles. The number of rotatable bonds is 8. The SMILES string of the molecule is CCC(CC)Oc1cc(Br)c(-c2ccc(C(C)C)nc2OC)nc1CN. The molecule has 0 spiro atoms. The summed E-state index contributed by atoms with van der Waals surface area (Å²) in [7, 11) is 1.62. The van der Waals surface area contributed by atoms with Gasteiger partial charge in [-0.15, -0.1) is 0 Å². The van der Waals surface area contributed by atoms with Crippen LogP contribution in [0.25, 0.3) is 11.3 Å². The second kappa shape index (κ2) is 9.33. The molecular formula is C20H28BrN3O2. The Morgan fingerprint density at radius 3 is 2.38 bits per heavy atom. The van der Waals surface area contributed by atoms with E-state index >= 15 is 0 Å². The lowest BCUT2D eigenvalue weighted by Crippen LogP contribution is -2.16. The van der Waals surface area contributed by atoms with Crippen molar-refractivity contribution in [2.45, 2.75) is 59.1 Å². The van der Waals surface area contributed by atoms with Crippen LogP contribution >= 0.6 is 15.9 Å². The Morgan fingerprint density at radius 1 is 1.15 bits per heavy atom. The molecule has 0 bridgehead atoms. The van der Waals surface area contributed by atoms with Gasteiger partial charge in [-0.25, -0.2) is 9.97 Å². The summed E-state index contributed by atoms with van der Waals surface area (Å²) in [5, 5.41) is 0. The molecule has 0 aliphatic rings. The van der Waals surface area contributed by atoms with E-state index in [0.29, 0.717) is 18.3 Å². The molecule has 0 amide bonds. The fraction of sp³-hybridized carbons (Fsp3) is 0.500. The van der Waals surface area contributed by atoms with Crippen molar-refractivity contribution >= 4 is 15.9 Å². The summed E-state index contributed by atoms with van der Waals surface area (Å²) in [6.45, 7) is 8.73. The van der Waals surface area contributed by atoms with Gasteiger partial charge >= 0.3 is 0 Å². The van der Waals surface area contributed by atoms with Crippen molar-refractivity contribution in [1.29, 1.82) is 0 Å². The van der Waals surface area contributed by atoms with E-state index < -0.39 is 0 Å². The summed E-state index contributed by atoms with van der Waals surface area (Å²) in [5.74, 6) is 1.60. The number of methoxy groups -OCH3 is 1. The van der Waals surface area contributed by atoms with E-state index in [4.69, 9.17) is 20.2 Å². The van der Waals surface area contributed by atoms with Gasteiger partial charge in [-0.2, -0.15) is 0 Å². The number of ether oxygens (including phenoxy) is 2. The predicted octanol–water partition coefficient (Wildman–Crippen LogP) is 5.06. The smallest absolute Gasteiger partial charge is 0.222 e. The zero-order chi connectivity index (χ0) is 19.3. The van der Waals surface area contributed by atoms with Crippen molar-refractivity contribution in [2.75, 3.05) is 7.11 Å². The molecule has 26 heavy (non-hydrogen) atoms. The first-order valence-electron chi connectivity index (χ1n) is 9.06. The number of halogens is 1. The third kappa shape index (κ3) is 4.54. The molecule has 0 aliphatic carbocycles. The van der Waals surface area contributed by atoms with Gasteiger partial charge in [0.05, 0.1) is 30.2 Å². The van der Waals surface area contributed by atoms with Gasteiger partial charge < -0.3 is 15.2 Å². The van der Waals surface area contributed by atoms with Crippen LogP contribution in [0.15, 0.2) is 22.7 Å². The van der Waals surface area contributed by atoms with E-state index in [1.807, 2.05) is 18.2 Å². The molecule has 2 aromatic rings. The predicted molar refractivity (Wildman–Crippen MR) is 109 cm³/mol. The van der Waals surface area contributed by atoms with Crippen LogP contribution < -0.4 is 15.2 Å². The summed E-state index contributed by atoms with van der Waals surface area (Å²) in [6, 6.07) is 5.95. The molecule has 5 nitrogen and oxygen atoms in total. The van der Waals surface area contributed by atoms with Crippen molar-refractivity contribution in [3.8, 4) is 22.9 Å². The first kappa shape index (κ1) is 20.6. The Labute approximate surface area is 164 Å². The van der Waals surface area contributed by atoms with E-state index in [9.17, 15) is 0 Å². The molecule has 142 valence electrons. The number of hydrogen-bond donors (Lipinski definition) is 1. The highest BCUT2D eigenvalue weighted by molar-refractivity contribution is 9.10. The molecule has 0 aromatic carbocycles. The van der Waals surface area contributed by atoms with Gasteiger partial charge in [0.2, 0.25) is 5.88 Å². The molecule has 2 heterocycles. The maximum Gasteiger partial charge on any atom is 0.222 e. The molecule has 0 radical (unpaired) electrons. The number of pyridine rings is 2. The van der Waals surface area contributed by atoms with Crippen molar-refractivity contribution in [1.82, 2.24) is 9.97 Å². The highest BCUT2D eigenvalue weighted by atomic mass is 79.9. The summed E-state index contributed by atoms with van der Waals surface area (Å²) in [4.78, 5) is 9.36. The van der Waals surface area contributed by atoms with Gasteiger partial charge in [-0.3, -0.25) is 0 Å². The molecule has 0 saturated heterocycles. The van der Waals surface area contributed by atoms with E-state index in [1.165, 1.54) is 0 Å². The van der Waals surface area contributed by atoms with Crippen LogP contribution in [-0.4, -0.2) is 23.2 Å². The Balaban J connectivity index is 2.51. The second-order valence-corrected chi connectivity index (χ2v) is 7.33. The second-order valence-electron chi connectivity index (χ2n) is 6.47. The topological polar surface area (TPSA) is 70.3 Å². The van der Waals surface area contributed by atoms with Gasteiger partial charge in [0.1, 0.15) is 5.75 Å². The molecule has 2 rings (SSSR count). The first-order valence-corrected chi connectivity index (χ1v) is 9.85. The molecule has 0 fully saturated rings. The minimum Gasteiger partial charge on any atom is -0.488 e. The van der Waals surface area contributed by atoms with Crippen LogP contribution in [-0.2, 0) is 6.54 Å². The molecule has 2 N–H and O–H groups in total. The number of nitrogens with two attached hydrogens (primary N) is 1. The molecule has 2 aromatic heterocycles. The third-order valence-electron chi connectivity index (χ3n) is 4.33. The van der Waals surface area contributed by atoms with Gasteiger partial charge in [0.25, 0.3) is 0 Å². The van der Waals surface area contributed by atoms with Crippen LogP contribution in [0.2, 0.25) is 0 Å². The molecular weight excluding hydrogens is 394 g/mol. The maximum atomic E-state index is 6.09. The van der Waals surface area contributed by atoms with E-state index in [2.05, 4.69) is 48.6 Å². The number of aromatic nitrogens is 2. The summed E-state index contributed by atoms with van der Waals surface area (Å²) >= 11 is 3.63. The summed E-state index contributed by atoms with van der Waals surface area (Å²) < 4.78 is 12.4. The van der Waals surface area contributed by atoms with Gasteiger partial charge in [-0.1, -0.05) is 27.7 Å². The minimum absolute atomic E-state index is 0.154. The van der Waals surface area contributed by atoms with E-state index in [0.717, 1.165) is 45.7 Å². The largest absolute Gasteiger partial charge is 0.488 e. The Morgan fingerprint density at radius 2 is 1.85 bits per heavy atom. The maximum absolute atomic E-state index is 6.09. The van der Waals surface area contributed by atoms with Crippen molar-refractivity contribution in [3.63, 3.8) is 0 Å². The van der Waals surface area contributed by atoms with Crippen LogP contribution in [0.1, 0.15) is 57.8 Å². The first-order chi connectivity index (χ1) is 12.4.